The molecule has 21 heavy (non-hydrogen) atoms. The summed E-state index contributed by atoms with van der Waals surface area (Å²) < 4.78 is 5.68. The third-order valence-corrected chi connectivity index (χ3v) is 3.63. The predicted molar refractivity (Wildman–Crippen MR) is 71.8 cm³/mol. The first-order valence-electron chi connectivity index (χ1n) is 6.60. The van der Waals surface area contributed by atoms with E-state index in [1.54, 1.807) is 6.07 Å². The summed E-state index contributed by atoms with van der Waals surface area (Å²) in [5.74, 6) is -0.975. The number of rotatable bonds is 4. The molecule has 0 amide bonds. The molecule has 110 valence electrons. The maximum Gasteiger partial charge on any atom is 0.306 e. The van der Waals surface area contributed by atoms with Crippen molar-refractivity contribution in [3.05, 3.63) is 33.9 Å². The number of carbonyl (C=O) groups is 1. The number of nitrogens with zero attached hydrogens (tertiary/aromatic N) is 2. The molecular formula is C14H14N2O5. The highest BCUT2D eigenvalue weighted by molar-refractivity contribution is 5.70. The molecule has 1 aliphatic rings. The Morgan fingerprint density at radius 1 is 1.38 bits per heavy atom. The van der Waals surface area contributed by atoms with E-state index in [2.05, 4.69) is 0 Å². The van der Waals surface area contributed by atoms with Gasteiger partial charge in [0.15, 0.2) is 5.56 Å². The standard InChI is InChI=1S/C14H14N2O5/c15-8-11-12(16(19)20)2-1-3-13(11)21-10-6-4-9(5-7-10)14(17)18/h1-3,9-10H,4-7H2,(H,17,18). The zero-order chi connectivity index (χ0) is 15.4. The Morgan fingerprint density at radius 2 is 2.05 bits per heavy atom. The van der Waals surface area contributed by atoms with Gasteiger partial charge in [-0.05, 0) is 31.7 Å². The molecule has 1 aliphatic carbocycles. The van der Waals surface area contributed by atoms with Crippen LogP contribution < -0.4 is 4.74 Å². The first-order valence-corrected chi connectivity index (χ1v) is 6.60. The Morgan fingerprint density at radius 3 is 2.57 bits per heavy atom. The number of benzene rings is 1. The van der Waals surface area contributed by atoms with Crippen molar-refractivity contribution >= 4 is 11.7 Å². The monoisotopic (exact) mass is 290 g/mol. The van der Waals surface area contributed by atoms with Crippen LogP contribution in [-0.4, -0.2) is 22.1 Å². The van der Waals surface area contributed by atoms with Crippen molar-refractivity contribution in [1.29, 1.82) is 5.26 Å². The number of carboxylic acid groups (broad SMARTS) is 1. The molecule has 1 aromatic carbocycles. The van der Waals surface area contributed by atoms with Crippen molar-refractivity contribution in [3.8, 4) is 11.8 Å². The minimum atomic E-state index is -0.804. The van der Waals surface area contributed by atoms with Crippen molar-refractivity contribution in [2.75, 3.05) is 0 Å². The normalized spacial score (nSPS) is 21.3. The first-order chi connectivity index (χ1) is 10.0. The number of hydrogen-bond donors (Lipinski definition) is 1. The van der Waals surface area contributed by atoms with Crippen molar-refractivity contribution in [2.45, 2.75) is 31.8 Å². The fourth-order valence-corrected chi connectivity index (χ4v) is 2.49. The third kappa shape index (κ3) is 3.28. The minimum absolute atomic E-state index is 0.0946. The molecule has 0 spiro atoms. The molecule has 1 aromatic rings. The van der Waals surface area contributed by atoms with Gasteiger partial charge in [0.2, 0.25) is 0 Å². The molecule has 0 atom stereocenters. The van der Waals surface area contributed by atoms with Gasteiger partial charge in [0.1, 0.15) is 11.8 Å². The lowest BCUT2D eigenvalue weighted by atomic mass is 9.87. The number of nitro groups is 1. The Kier molecular flexibility index (Phi) is 4.38. The van der Waals surface area contributed by atoms with Crippen LogP contribution in [0.1, 0.15) is 31.2 Å². The van der Waals surface area contributed by atoms with Crippen LogP contribution in [0.15, 0.2) is 18.2 Å². The van der Waals surface area contributed by atoms with Crippen LogP contribution in [0, 0.1) is 27.4 Å². The number of hydrogen-bond acceptors (Lipinski definition) is 5. The molecular weight excluding hydrogens is 276 g/mol. The lowest BCUT2D eigenvalue weighted by molar-refractivity contribution is -0.385. The minimum Gasteiger partial charge on any atom is -0.489 e. The number of aliphatic carboxylic acids is 1. The molecule has 1 fully saturated rings. The van der Waals surface area contributed by atoms with Crippen molar-refractivity contribution < 1.29 is 19.6 Å². The highest BCUT2D eigenvalue weighted by Crippen LogP contribution is 2.32. The van der Waals surface area contributed by atoms with Gasteiger partial charge >= 0.3 is 5.97 Å². The maximum atomic E-state index is 10.9. The van der Waals surface area contributed by atoms with Crippen molar-refractivity contribution in [2.24, 2.45) is 5.92 Å². The molecule has 0 aliphatic heterocycles. The fraction of sp³-hybridized carbons (Fsp3) is 0.429. The van der Waals surface area contributed by atoms with Crippen LogP contribution in [0.3, 0.4) is 0 Å². The first kappa shape index (κ1) is 14.8. The molecule has 0 saturated heterocycles. The van der Waals surface area contributed by atoms with E-state index in [-0.39, 0.29) is 29.0 Å². The van der Waals surface area contributed by atoms with Crippen LogP contribution in [0.25, 0.3) is 0 Å². The van der Waals surface area contributed by atoms with Gasteiger partial charge in [0.05, 0.1) is 16.9 Å². The molecule has 2 rings (SSSR count). The van der Waals surface area contributed by atoms with Crippen LogP contribution in [0.2, 0.25) is 0 Å². The van der Waals surface area contributed by atoms with Crippen LogP contribution in [-0.2, 0) is 4.79 Å². The highest BCUT2D eigenvalue weighted by Gasteiger charge is 2.28. The molecule has 0 unspecified atom stereocenters. The summed E-state index contributed by atoms with van der Waals surface area (Å²) in [4.78, 5) is 21.1. The fourth-order valence-electron chi connectivity index (χ4n) is 2.49. The number of ether oxygens (including phenoxy) is 1. The van der Waals surface area contributed by atoms with E-state index in [0.29, 0.717) is 25.7 Å². The second-order valence-corrected chi connectivity index (χ2v) is 4.95. The molecule has 0 bridgehead atoms. The Bertz CT molecular complexity index is 600. The van der Waals surface area contributed by atoms with E-state index in [4.69, 9.17) is 15.1 Å². The largest absolute Gasteiger partial charge is 0.489 e. The predicted octanol–water partition coefficient (Wildman–Crippen LogP) is 2.49. The summed E-state index contributed by atoms with van der Waals surface area (Å²) in [6, 6.07) is 6.05. The van der Waals surface area contributed by atoms with Gasteiger partial charge in [-0.15, -0.1) is 0 Å². The molecule has 0 radical (unpaired) electrons. The van der Waals surface area contributed by atoms with Crippen molar-refractivity contribution in [1.82, 2.24) is 0 Å². The molecule has 7 nitrogen and oxygen atoms in total. The second-order valence-electron chi connectivity index (χ2n) is 4.95. The van der Waals surface area contributed by atoms with E-state index in [0.717, 1.165) is 0 Å². The van der Waals surface area contributed by atoms with Crippen LogP contribution >= 0.6 is 0 Å². The highest BCUT2D eigenvalue weighted by atomic mass is 16.6. The summed E-state index contributed by atoms with van der Waals surface area (Å²) in [5, 5.41) is 28.9. The van der Waals surface area contributed by atoms with Crippen molar-refractivity contribution in [3.63, 3.8) is 0 Å². The van der Waals surface area contributed by atoms with Crippen LogP contribution in [0.4, 0.5) is 5.69 Å². The molecule has 0 aromatic heterocycles. The molecule has 0 heterocycles. The quantitative estimate of drug-likeness (QED) is 0.673. The lowest BCUT2D eigenvalue weighted by Gasteiger charge is -2.27. The topological polar surface area (TPSA) is 113 Å². The van der Waals surface area contributed by atoms with E-state index in [1.807, 2.05) is 0 Å². The zero-order valence-corrected chi connectivity index (χ0v) is 11.2. The second kappa shape index (κ2) is 6.22. The summed E-state index contributed by atoms with van der Waals surface area (Å²) in [6.07, 6.45) is 1.93. The Labute approximate surface area is 120 Å². The van der Waals surface area contributed by atoms with Gasteiger partial charge in [-0.2, -0.15) is 5.26 Å². The Hall–Kier alpha value is -2.62. The summed E-state index contributed by atoms with van der Waals surface area (Å²) in [7, 11) is 0. The van der Waals surface area contributed by atoms with Gasteiger partial charge in [-0.25, -0.2) is 0 Å². The summed E-state index contributed by atoms with van der Waals surface area (Å²) >= 11 is 0. The van der Waals surface area contributed by atoms with Gasteiger partial charge in [0.25, 0.3) is 5.69 Å². The molecule has 7 heteroatoms. The molecule has 1 N–H and O–H groups in total. The SMILES string of the molecule is N#Cc1c(OC2CCC(C(=O)O)CC2)cccc1[N+](=O)[O-]. The smallest absolute Gasteiger partial charge is 0.306 e. The molecule has 1 saturated carbocycles. The number of nitro benzene ring substituents is 1. The van der Waals surface area contributed by atoms with E-state index in [1.165, 1.54) is 18.2 Å². The van der Waals surface area contributed by atoms with Gasteiger partial charge in [-0.1, -0.05) is 6.07 Å². The van der Waals surface area contributed by atoms with Gasteiger partial charge in [-0.3, -0.25) is 14.9 Å². The summed E-state index contributed by atoms with van der Waals surface area (Å²) in [6.45, 7) is 0. The number of nitriles is 1. The zero-order valence-electron chi connectivity index (χ0n) is 11.2. The van der Waals surface area contributed by atoms with Crippen LogP contribution in [0.5, 0.6) is 5.75 Å². The summed E-state index contributed by atoms with van der Waals surface area (Å²) in [5.41, 5.74) is -0.378. The Balaban J connectivity index is 2.11. The maximum absolute atomic E-state index is 10.9. The average Bonchev–Trinajstić information content (AvgIpc) is 2.47. The van der Waals surface area contributed by atoms with E-state index >= 15 is 0 Å². The lowest BCUT2D eigenvalue weighted by Crippen LogP contribution is -2.28. The van der Waals surface area contributed by atoms with E-state index in [9.17, 15) is 14.9 Å². The van der Waals surface area contributed by atoms with Gasteiger partial charge < -0.3 is 9.84 Å². The van der Waals surface area contributed by atoms with E-state index < -0.39 is 10.9 Å². The number of carboxylic acids is 1. The van der Waals surface area contributed by atoms with Gasteiger partial charge in [0, 0.05) is 6.07 Å². The third-order valence-electron chi connectivity index (χ3n) is 3.63. The average molecular weight is 290 g/mol.